The van der Waals surface area contributed by atoms with Gasteiger partial charge < -0.3 is 0 Å². The van der Waals surface area contributed by atoms with Gasteiger partial charge in [0.15, 0.2) is 0 Å². The van der Waals surface area contributed by atoms with Crippen LogP contribution < -0.4 is 0 Å². The van der Waals surface area contributed by atoms with E-state index in [1.165, 1.54) is 43.8 Å². The number of allylic oxidation sites excluding steroid dienone is 4. The van der Waals surface area contributed by atoms with Gasteiger partial charge in [0.1, 0.15) is 0 Å². The van der Waals surface area contributed by atoms with Gasteiger partial charge in [0.05, 0.1) is 0 Å². The minimum absolute atomic E-state index is 0.786. The van der Waals surface area contributed by atoms with Gasteiger partial charge in [-0.1, -0.05) is 0 Å². The van der Waals surface area contributed by atoms with E-state index < -0.39 is 0 Å². The monoisotopic (exact) mass is 233 g/mol. The van der Waals surface area contributed by atoms with Crippen molar-refractivity contribution < 1.29 is 15.0 Å². The molecule has 0 nitrogen and oxygen atoms in total. The molecule has 0 fully saturated rings. The molecule has 0 spiro atoms. The van der Waals surface area contributed by atoms with Crippen LogP contribution in [-0.2, 0) is 15.0 Å². The third-order valence-electron chi connectivity index (χ3n) is 2.48. The topological polar surface area (TPSA) is 0 Å². The molecule has 0 saturated heterocycles. The van der Waals surface area contributed by atoms with E-state index in [4.69, 9.17) is 0 Å². The summed E-state index contributed by atoms with van der Waals surface area (Å²) >= 11 is 1.09. The van der Waals surface area contributed by atoms with Crippen molar-refractivity contribution in [2.75, 3.05) is 0 Å². The van der Waals surface area contributed by atoms with Crippen molar-refractivity contribution in [3.8, 4) is 0 Å². The molecular formula is C13H22Mn. The fourth-order valence-corrected chi connectivity index (χ4v) is 3.10. The molecule has 0 aromatic carbocycles. The Morgan fingerprint density at radius 1 is 0.929 bits per heavy atom. The second-order valence-corrected chi connectivity index (χ2v) is 5.68. The van der Waals surface area contributed by atoms with Crippen LogP contribution in [0.15, 0.2) is 24.3 Å². The molecule has 0 N–H and O–H groups in total. The average Bonchev–Trinajstić information content (AvgIpc) is 2.69. The number of hydrogen-bond donors (Lipinski definition) is 0. The van der Waals surface area contributed by atoms with Gasteiger partial charge in [0, 0.05) is 0 Å². The fourth-order valence-electron chi connectivity index (χ4n) is 1.59. The van der Waals surface area contributed by atoms with E-state index in [0.29, 0.717) is 0 Å². The first-order chi connectivity index (χ1) is 6.93. The summed E-state index contributed by atoms with van der Waals surface area (Å²) in [4.78, 5) is 0.786. The average molecular weight is 233 g/mol. The van der Waals surface area contributed by atoms with Crippen LogP contribution in [0.1, 0.15) is 45.4 Å². The summed E-state index contributed by atoms with van der Waals surface area (Å²) in [5.74, 6) is 0. The molecular weight excluding hydrogens is 211 g/mol. The quantitative estimate of drug-likeness (QED) is 0.418. The Balaban J connectivity index is 1.80. The molecule has 0 aliphatic heterocycles. The van der Waals surface area contributed by atoms with Crippen LogP contribution in [0.4, 0.5) is 0 Å². The minimum atomic E-state index is 0.786. The van der Waals surface area contributed by atoms with E-state index >= 15 is 0 Å². The van der Waals surface area contributed by atoms with Crippen molar-refractivity contribution in [1.29, 1.82) is 0 Å². The van der Waals surface area contributed by atoms with Gasteiger partial charge in [-0.25, -0.2) is 0 Å². The molecule has 0 saturated carbocycles. The van der Waals surface area contributed by atoms with Crippen molar-refractivity contribution in [1.82, 2.24) is 0 Å². The van der Waals surface area contributed by atoms with Crippen LogP contribution >= 0.6 is 0 Å². The van der Waals surface area contributed by atoms with Gasteiger partial charge in [-0.05, 0) is 0 Å². The van der Waals surface area contributed by atoms with Gasteiger partial charge in [-0.3, -0.25) is 0 Å². The van der Waals surface area contributed by atoms with E-state index in [2.05, 4.69) is 31.2 Å². The Bertz CT molecular complexity index is 170. The first kappa shape index (κ1) is 12.1. The van der Waals surface area contributed by atoms with Crippen LogP contribution in [-0.4, -0.2) is 0 Å². The summed E-state index contributed by atoms with van der Waals surface area (Å²) in [5.41, 5.74) is 0. The predicted octanol–water partition coefficient (Wildman–Crippen LogP) is 4.76. The molecule has 0 atom stereocenters. The first-order valence-electron chi connectivity index (χ1n) is 5.86. The summed E-state index contributed by atoms with van der Waals surface area (Å²) < 4.78 is 0. The van der Waals surface area contributed by atoms with Crippen LogP contribution in [0.2, 0.25) is 10.1 Å². The molecule has 0 aromatic rings. The number of unbranched alkanes of at least 4 members (excludes halogenated alkanes) is 5. The first-order valence-corrected chi connectivity index (χ1v) is 7.38. The molecule has 1 heteroatoms. The van der Waals surface area contributed by atoms with Crippen LogP contribution in [0, 0.1) is 0 Å². The SMILES string of the molecule is CCCCCCC[CH2][Mn][CH]1C=CC=C1. The van der Waals surface area contributed by atoms with Crippen LogP contribution in [0.5, 0.6) is 0 Å². The van der Waals surface area contributed by atoms with E-state index in [0.717, 1.165) is 19.8 Å². The fraction of sp³-hybridized carbons (Fsp3) is 0.692. The molecule has 0 unspecified atom stereocenters. The van der Waals surface area contributed by atoms with Crippen molar-refractivity contribution in [3.05, 3.63) is 24.3 Å². The van der Waals surface area contributed by atoms with Gasteiger partial charge >= 0.3 is 94.8 Å². The molecule has 0 bridgehead atoms. The third kappa shape index (κ3) is 5.67. The van der Waals surface area contributed by atoms with Crippen LogP contribution in [0.3, 0.4) is 0 Å². The molecule has 0 aromatic heterocycles. The standard InChI is InChI=1S/C8H17.C5H5.Mn/c1-3-5-7-8-6-4-2;1-2-4-5-3-1;/h1,3-8H2,2H3;1-5H;. The molecule has 0 heterocycles. The number of rotatable bonds is 8. The van der Waals surface area contributed by atoms with Gasteiger partial charge in [-0.2, -0.15) is 0 Å². The van der Waals surface area contributed by atoms with Crippen molar-refractivity contribution in [2.24, 2.45) is 0 Å². The zero-order chi connectivity index (χ0) is 10.1. The number of hydrogen-bond acceptors (Lipinski definition) is 0. The predicted molar refractivity (Wildman–Crippen MR) is 60.2 cm³/mol. The van der Waals surface area contributed by atoms with E-state index in [-0.39, 0.29) is 0 Å². The summed E-state index contributed by atoms with van der Waals surface area (Å²) in [7, 11) is 0. The van der Waals surface area contributed by atoms with E-state index in [1.807, 2.05) is 0 Å². The molecule has 0 radical (unpaired) electrons. The molecule has 81 valence electrons. The second-order valence-electron chi connectivity index (χ2n) is 3.83. The normalized spacial score (nSPS) is 15.5. The van der Waals surface area contributed by atoms with Crippen molar-refractivity contribution >= 4 is 0 Å². The molecule has 1 aliphatic rings. The Morgan fingerprint density at radius 2 is 1.57 bits per heavy atom. The molecule has 0 amide bonds. The molecule has 14 heavy (non-hydrogen) atoms. The van der Waals surface area contributed by atoms with Gasteiger partial charge in [-0.15, -0.1) is 0 Å². The Hall–Kier alpha value is -0.000519. The van der Waals surface area contributed by atoms with E-state index in [9.17, 15) is 0 Å². The van der Waals surface area contributed by atoms with Gasteiger partial charge in [0.2, 0.25) is 0 Å². The second kappa shape index (κ2) is 8.32. The maximum absolute atomic E-state index is 2.33. The van der Waals surface area contributed by atoms with Crippen LogP contribution in [0.25, 0.3) is 0 Å². The maximum atomic E-state index is 2.33. The third-order valence-corrected chi connectivity index (χ3v) is 4.24. The molecule has 1 aliphatic carbocycles. The Morgan fingerprint density at radius 3 is 2.29 bits per heavy atom. The van der Waals surface area contributed by atoms with E-state index in [1.54, 1.807) is 0 Å². The van der Waals surface area contributed by atoms with Crippen molar-refractivity contribution in [2.45, 2.75) is 55.6 Å². The Kier molecular flexibility index (Phi) is 7.17. The molecule has 1 rings (SSSR count). The Labute approximate surface area is 95.0 Å². The van der Waals surface area contributed by atoms with Gasteiger partial charge in [0.25, 0.3) is 0 Å². The summed E-state index contributed by atoms with van der Waals surface area (Å²) in [5, 5.41) is 1.44. The summed E-state index contributed by atoms with van der Waals surface area (Å²) in [6.45, 7) is 2.28. The summed E-state index contributed by atoms with van der Waals surface area (Å²) in [6.07, 6.45) is 17.6. The zero-order valence-electron chi connectivity index (χ0n) is 9.21. The summed E-state index contributed by atoms with van der Waals surface area (Å²) in [6, 6.07) is 0. The van der Waals surface area contributed by atoms with Crippen molar-refractivity contribution in [3.63, 3.8) is 0 Å². The zero-order valence-corrected chi connectivity index (χ0v) is 10.4.